The van der Waals surface area contributed by atoms with Crippen molar-refractivity contribution in [3.8, 4) is 0 Å². The summed E-state index contributed by atoms with van der Waals surface area (Å²) in [4.78, 5) is 10.5. The van der Waals surface area contributed by atoms with Crippen molar-refractivity contribution in [2.75, 3.05) is 13.1 Å². The van der Waals surface area contributed by atoms with Gasteiger partial charge in [-0.2, -0.15) is 4.31 Å². The molecular formula is C11H12FNO5S. The normalized spacial score (nSPS) is 20.6. The molecule has 1 fully saturated rings. The molecule has 0 spiro atoms. The summed E-state index contributed by atoms with van der Waals surface area (Å²) >= 11 is 0. The molecule has 2 rings (SSSR count). The van der Waals surface area contributed by atoms with E-state index < -0.39 is 33.5 Å². The maximum absolute atomic E-state index is 13.2. The Morgan fingerprint density at radius 3 is 2.63 bits per heavy atom. The van der Waals surface area contributed by atoms with Gasteiger partial charge in [-0.3, -0.25) is 0 Å². The zero-order valence-electron chi connectivity index (χ0n) is 9.78. The number of nitrogens with zero attached hydrogens (tertiary/aromatic N) is 1. The quantitative estimate of drug-likeness (QED) is 0.833. The van der Waals surface area contributed by atoms with Gasteiger partial charge in [-0.25, -0.2) is 17.6 Å². The largest absolute Gasteiger partial charge is 0.478 e. The van der Waals surface area contributed by atoms with Crippen LogP contribution in [0.25, 0.3) is 0 Å². The molecule has 1 atom stereocenters. The number of aliphatic hydroxyl groups is 1. The van der Waals surface area contributed by atoms with E-state index in [4.69, 9.17) is 5.11 Å². The van der Waals surface area contributed by atoms with Crippen molar-refractivity contribution >= 4 is 16.0 Å². The van der Waals surface area contributed by atoms with Gasteiger partial charge in [-0.05, 0) is 24.6 Å². The summed E-state index contributed by atoms with van der Waals surface area (Å²) in [5.41, 5.74) is -0.694. The molecule has 1 saturated heterocycles. The van der Waals surface area contributed by atoms with Crippen LogP contribution in [0.1, 0.15) is 16.8 Å². The van der Waals surface area contributed by atoms with Gasteiger partial charge < -0.3 is 10.2 Å². The fourth-order valence-electron chi connectivity index (χ4n) is 1.91. The maximum atomic E-state index is 13.2. The molecule has 1 aromatic carbocycles. The molecule has 0 bridgehead atoms. The van der Waals surface area contributed by atoms with Crippen LogP contribution in [0.2, 0.25) is 0 Å². The lowest BCUT2D eigenvalue weighted by Gasteiger charge is -2.16. The molecule has 104 valence electrons. The molecule has 0 aromatic heterocycles. The Morgan fingerprint density at radius 2 is 2.11 bits per heavy atom. The number of β-amino-alcohol motifs (C(OH)–C–C–N with tert-alkyl or cyclic N) is 1. The summed E-state index contributed by atoms with van der Waals surface area (Å²) in [6, 6.07) is 2.61. The fraction of sp³-hybridized carbons (Fsp3) is 0.364. The van der Waals surface area contributed by atoms with Crippen molar-refractivity contribution in [2.24, 2.45) is 0 Å². The molecule has 1 aromatic rings. The lowest BCUT2D eigenvalue weighted by molar-refractivity contribution is 0.0691. The van der Waals surface area contributed by atoms with E-state index in [0.29, 0.717) is 6.42 Å². The van der Waals surface area contributed by atoms with Crippen molar-refractivity contribution in [2.45, 2.75) is 17.4 Å². The van der Waals surface area contributed by atoms with E-state index in [2.05, 4.69) is 0 Å². The first-order valence-corrected chi connectivity index (χ1v) is 6.97. The third-order valence-corrected chi connectivity index (χ3v) is 4.79. The standard InChI is InChI=1S/C11H12FNO5S/c12-10-2-1-8(5-9(10)11(15)16)19(17,18)13-4-3-7(14)6-13/h1-2,5,7,14H,3-4,6H2,(H,15,16)/t7-/m0/s1. The first-order chi connectivity index (χ1) is 8.82. The highest BCUT2D eigenvalue weighted by Crippen LogP contribution is 2.23. The van der Waals surface area contributed by atoms with Gasteiger partial charge in [0, 0.05) is 13.1 Å². The van der Waals surface area contributed by atoms with E-state index in [1.165, 1.54) is 0 Å². The Labute approximate surface area is 109 Å². The predicted octanol–water partition coefficient (Wildman–Crippen LogP) is 0.279. The monoisotopic (exact) mass is 289 g/mol. The second-order valence-electron chi connectivity index (χ2n) is 4.25. The highest BCUT2D eigenvalue weighted by Gasteiger charge is 2.32. The molecule has 0 amide bonds. The molecule has 0 radical (unpaired) electrons. The average Bonchev–Trinajstić information content (AvgIpc) is 2.76. The number of hydrogen-bond acceptors (Lipinski definition) is 4. The smallest absolute Gasteiger partial charge is 0.338 e. The van der Waals surface area contributed by atoms with Crippen molar-refractivity contribution < 1.29 is 27.8 Å². The predicted molar refractivity (Wildman–Crippen MR) is 62.7 cm³/mol. The van der Waals surface area contributed by atoms with Crippen LogP contribution in [-0.2, 0) is 10.0 Å². The Kier molecular flexibility index (Phi) is 3.57. The number of sulfonamides is 1. The number of carboxylic acids is 1. The number of benzene rings is 1. The molecule has 1 aliphatic heterocycles. The number of carbonyl (C=O) groups is 1. The fourth-order valence-corrected chi connectivity index (χ4v) is 3.43. The van der Waals surface area contributed by atoms with Gasteiger partial charge in [0.05, 0.1) is 16.6 Å². The van der Waals surface area contributed by atoms with Crippen LogP contribution < -0.4 is 0 Å². The van der Waals surface area contributed by atoms with E-state index in [0.717, 1.165) is 22.5 Å². The minimum atomic E-state index is -3.90. The lowest BCUT2D eigenvalue weighted by atomic mass is 10.2. The van der Waals surface area contributed by atoms with Gasteiger partial charge in [0.1, 0.15) is 5.82 Å². The summed E-state index contributed by atoms with van der Waals surface area (Å²) in [7, 11) is -3.90. The molecule has 1 aliphatic rings. The van der Waals surface area contributed by atoms with E-state index in [1.54, 1.807) is 0 Å². The van der Waals surface area contributed by atoms with Crippen LogP contribution in [0, 0.1) is 5.82 Å². The number of aromatic carboxylic acids is 1. The molecule has 0 aliphatic carbocycles. The van der Waals surface area contributed by atoms with Crippen LogP contribution in [0.3, 0.4) is 0 Å². The van der Waals surface area contributed by atoms with Crippen molar-refractivity contribution in [3.05, 3.63) is 29.6 Å². The van der Waals surface area contributed by atoms with Crippen molar-refractivity contribution in [3.63, 3.8) is 0 Å². The lowest BCUT2D eigenvalue weighted by Crippen LogP contribution is -2.29. The summed E-state index contributed by atoms with van der Waals surface area (Å²) in [5, 5.41) is 18.1. The number of rotatable bonds is 3. The molecule has 1 heterocycles. The van der Waals surface area contributed by atoms with Crippen LogP contribution in [0.15, 0.2) is 23.1 Å². The van der Waals surface area contributed by atoms with Gasteiger partial charge in [0.25, 0.3) is 0 Å². The topological polar surface area (TPSA) is 94.9 Å². The van der Waals surface area contributed by atoms with E-state index in [-0.39, 0.29) is 18.0 Å². The molecule has 19 heavy (non-hydrogen) atoms. The highest BCUT2D eigenvalue weighted by atomic mass is 32.2. The van der Waals surface area contributed by atoms with Gasteiger partial charge in [-0.15, -0.1) is 0 Å². The second kappa shape index (κ2) is 4.87. The van der Waals surface area contributed by atoms with Gasteiger partial charge >= 0.3 is 5.97 Å². The third kappa shape index (κ3) is 2.60. The van der Waals surface area contributed by atoms with E-state index in [1.807, 2.05) is 0 Å². The first-order valence-electron chi connectivity index (χ1n) is 5.53. The minimum Gasteiger partial charge on any atom is -0.478 e. The van der Waals surface area contributed by atoms with Crippen molar-refractivity contribution in [1.29, 1.82) is 0 Å². The molecule has 2 N–H and O–H groups in total. The zero-order chi connectivity index (χ0) is 14.2. The molecule has 0 unspecified atom stereocenters. The SMILES string of the molecule is O=C(O)c1cc(S(=O)(=O)N2CC[C@H](O)C2)ccc1F. The Morgan fingerprint density at radius 1 is 1.42 bits per heavy atom. The van der Waals surface area contributed by atoms with Crippen LogP contribution in [0.4, 0.5) is 4.39 Å². The highest BCUT2D eigenvalue weighted by molar-refractivity contribution is 7.89. The average molecular weight is 289 g/mol. The van der Waals surface area contributed by atoms with Crippen molar-refractivity contribution in [1.82, 2.24) is 4.31 Å². The number of aliphatic hydroxyl groups excluding tert-OH is 1. The van der Waals surface area contributed by atoms with Gasteiger partial charge in [0.15, 0.2) is 0 Å². The summed E-state index contributed by atoms with van der Waals surface area (Å²) in [6.45, 7) is 0.116. The minimum absolute atomic E-state index is 0.0396. The Bertz CT molecular complexity index is 616. The number of halogens is 1. The Hall–Kier alpha value is -1.51. The summed E-state index contributed by atoms with van der Waals surface area (Å²) < 4.78 is 38.6. The van der Waals surface area contributed by atoms with Crippen LogP contribution in [0.5, 0.6) is 0 Å². The molecule has 8 heteroatoms. The zero-order valence-corrected chi connectivity index (χ0v) is 10.6. The number of hydrogen-bond donors (Lipinski definition) is 2. The molecule has 0 saturated carbocycles. The van der Waals surface area contributed by atoms with Crippen LogP contribution in [-0.4, -0.2) is 48.1 Å². The molecule has 6 nitrogen and oxygen atoms in total. The van der Waals surface area contributed by atoms with Crippen LogP contribution >= 0.6 is 0 Å². The van der Waals surface area contributed by atoms with Gasteiger partial charge in [-0.1, -0.05) is 0 Å². The first kappa shape index (κ1) is 13.9. The van der Waals surface area contributed by atoms with Gasteiger partial charge in [0.2, 0.25) is 10.0 Å². The van der Waals surface area contributed by atoms with E-state index in [9.17, 15) is 22.7 Å². The Balaban J connectivity index is 2.41. The molecular weight excluding hydrogens is 277 g/mol. The summed E-state index contributed by atoms with van der Waals surface area (Å²) in [6.07, 6.45) is -0.402. The summed E-state index contributed by atoms with van der Waals surface area (Å²) in [5.74, 6) is -2.52. The third-order valence-electron chi connectivity index (χ3n) is 2.93. The maximum Gasteiger partial charge on any atom is 0.338 e. The van der Waals surface area contributed by atoms with E-state index >= 15 is 0 Å². The second-order valence-corrected chi connectivity index (χ2v) is 6.19. The number of carboxylic acid groups (broad SMARTS) is 1.